The van der Waals surface area contributed by atoms with E-state index in [1.807, 2.05) is 42.5 Å². The van der Waals surface area contributed by atoms with Crippen LogP contribution >= 0.6 is 11.6 Å². The van der Waals surface area contributed by atoms with Gasteiger partial charge in [0.2, 0.25) is 17.7 Å². The van der Waals surface area contributed by atoms with Gasteiger partial charge in [0.05, 0.1) is 13.0 Å². The molecular formula is C24H28ClN5O3. The third kappa shape index (κ3) is 6.03. The maximum absolute atomic E-state index is 13.1. The van der Waals surface area contributed by atoms with Crippen molar-refractivity contribution in [2.24, 2.45) is 0 Å². The van der Waals surface area contributed by atoms with Crippen LogP contribution in [0.5, 0.6) is 0 Å². The van der Waals surface area contributed by atoms with Gasteiger partial charge in [-0.1, -0.05) is 29.8 Å². The molecule has 0 bridgehead atoms. The van der Waals surface area contributed by atoms with E-state index in [9.17, 15) is 14.4 Å². The molecular weight excluding hydrogens is 442 g/mol. The molecule has 0 aliphatic carbocycles. The van der Waals surface area contributed by atoms with Gasteiger partial charge in [0.1, 0.15) is 6.04 Å². The lowest BCUT2D eigenvalue weighted by Crippen LogP contribution is -2.60. The van der Waals surface area contributed by atoms with E-state index in [0.29, 0.717) is 23.8 Å². The van der Waals surface area contributed by atoms with Gasteiger partial charge in [0, 0.05) is 55.7 Å². The predicted molar refractivity (Wildman–Crippen MR) is 128 cm³/mol. The molecule has 2 heterocycles. The van der Waals surface area contributed by atoms with Crippen LogP contribution in [0.2, 0.25) is 5.02 Å². The highest BCUT2D eigenvalue weighted by molar-refractivity contribution is 6.30. The van der Waals surface area contributed by atoms with E-state index in [-0.39, 0.29) is 30.7 Å². The van der Waals surface area contributed by atoms with Gasteiger partial charge in [-0.2, -0.15) is 0 Å². The standard InChI is InChI=1S/C24H28ClN5O3/c25-18-6-8-20(9-7-18)29-14-12-28(13-15-29)17-23(32)30-11-10-26-24(33)21(30)16-22(31)27-19-4-2-1-3-5-19/h1-9,21H,10-17H2,(H,26,33)(H,27,31). The largest absolute Gasteiger partial charge is 0.369 e. The molecule has 2 aliphatic heterocycles. The Balaban J connectivity index is 1.31. The quantitative estimate of drug-likeness (QED) is 0.674. The maximum atomic E-state index is 13.1. The number of amides is 3. The summed E-state index contributed by atoms with van der Waals surface area (Å²) in [6.45, 7) is 4.13. The maximum Gasteiger partial charge on any atom is 0.243 e. The Morgan fingerprint density at radius 3 is 2.36 bits per heavy atom. The number of anilines is 2. The van der Waals surface area contributed by atoms with Crippen molar-refractivity contribution in [2.75, 3.05) is 56.0 Å². The molecule has 2 aromatic carbocycles. The van der Waals surface area contributed by atoms with E-state index >= 15 is 0 Å². The summed E-state index contributed by atoms with van der Waals surface area (Å²) in [6.07, 6.45) is -0.0726. The van der Waals surface area contributed by atoms with E-state index in [1.54, 1.807) is 17.0 Å². The molecule has 2 N–H and O–H groups in total. The lowest BCUT2D eigenvalue weighted by molar-refractivity contribution is -0.145. The molecule has 1 atom stereocenters. The molecule has 2 aliphatic rings. The van der Waals surface area contributed by atoms with E-state index in [4.69, 9.17) is 11.6 Å². The Morgan fingerprint density at radius 2 is 1.67 bits per heavy atom. The van der Waals surface area contributed by atoms with Crippen LogP contribution in [0.15, 0.2) is 54.6 Å². The van der Waals surface area contributed by atoms with Crippen LogP contribution < -0.4 is 15.5 Å². The summed E-state index contributed by atoms with van der Waals surface area (Å²) in [7, 11) is 0. The Bertz CT molecular complexity index is 977. The molecule has 2 aromatic rings. The number of halogens is 1. The summed E-state index contributed by atoms with van der Waals surface area (Å²) in [6, 6.07) is 16.0. The SMILES string of the molecule is O=C(CC1C(=O)NCCN1C(=O)CN1CCN(c2ccc(Cl)cc2)CC1)Nc1ccccc1. The topological polar surface area (TPSA) is 85.0 Å². The van der Waals surface area contributed by atoms with Crippen LogP contribution in [0.3, 0.4) is 0 Å². The number of nitrogens with zero attached hydrogens (tertiary/aromatic N) is 3. The summed E-state index contributed by atoms with van der Waals surface area (Å²) in [5.74, 6) is -0.703. The van der Waals surface area contributed by atoms with Crippen LogP contribution in [0.1, 0.15) is 6.42 Å². The number of nitrogens with one attached hydrogen (secondary N) is 2. The number of benzene rings is 2. The highest BCUT2D eigenvalue weighted by Gasteiger charge is 2.35. The van der Waals surface area contributed by atoms with E-state index in [0.717, 1.165) is 31.9 Å². The van der Waals surface area contributed by atoms with Gasteiger partial charge in [-0.25, -0.2) is 0 Å². The molecule has 0 aromatic heterocycles. The number of rotatable bonds is 6. The molecule has 3 amide bonds. The predicted octanol–water partition coefficient (Wildman–Crippen LogP) is 1.82. The first kappa shape index (κ1) is 23.1. The highest BCUT2D eigenvalue weighted by Crippen LogP contribution is 2.20. The van der Waals surface area contributed by atoms with Crippen LogP contribution in [0.25, 0.3) is 0 Å². The van der Waals surface area contributed by atoms with Gasteiger partial charge >= 0.3 is 0 Å². The minimum absolute atomic E-state index is 0.0726. The Kier molecular flexibility index (Phi) is 7.47. The third-order valence-corrected chi connectivity index (χ3v) is 6.26. The summed E-state index contributed by atoms with van der Waals surface area (Å²) < 4.78 is 0. The molecule has 2 saturated heterocycles. The molecule has 174 valence electrons. The molecule has 4 rings (SSSR count). The van der Waals surface area contributed by atoms with Crippen molar-refractivity contribution in [2.45, 2.75) is 12.5 Å². The van der Waals surface area contributed by atoms with E-state index < -0.39 is 6.04 Å². The fourth-order valence-corrected chi connectivity index (χ4v) is 4.35. The van der Waals surface area contributed by atoms with Gasteiger partial charge in [-0.15, -0.1) is 0 Å². The Hall–Kier alpha value is -3.10. The summed E-state index contributed by atoms with van der Waals surface area (Å²) in [5.41, 5.74) is 1.78. The zero-order chi connectivity index (χ0) is 23.2. The molecule has 9 heteroatoms. The molecule has 0 spiro atoms. The average molecular weight is 470 g/mol. The van der Waals surface area contributed by atoms with Crippen LogP contribution in [0, 0.1) is 0 Å². The molecule has 2 fully saturated rings. The first-order valence-corrected chi connectivity index (χ1v) is 11.5. The van der Waals surface area contributed by atoms with Gasteiger partial charge < -0.3 is 20.4 Å². The molecule has 0 radical (unpaired) electrons. The van der Waals surface area contributed by atoms with Crippen molar-refractivity contribution in [3.8, 4) is 0 Å². The highest BCUT2D eigenvalue weighted by atomic mass is 35.5. The lowest BCUT2D eigenvalue weighted by atomic mass is 10.1. The van der Waals surface area contributed by atoms with E-state index in [2.05, 4.69) is 20.4 Å². The number of hydrogen-bond acceptors (Lipinski definition) is 5. The van der Waals surface area contributed by atoms with Gasteiger partial charge in [-0.3, -0.25) is 19.3 Å². The Morgan fingerprint density at radius 1 is 0.970 bits per heavy atom. The lowest BCUT2D eigenvalue weighted by Gasteiger charge is -2.39. The van der Waals surface area contributed by atoms with Crippen molar-refractivity contribution >= 4 is 40.7 Å². The van der Waals surface area contributed by atoms with Gasteiger partial charge in [0.25, 0.3) is 0 Å². The van der Waals surface area contributed by atoms with Crippen molar-refractivity contribution in [3.63, 3.8) is 0 Å². The van der Waals surface area contributed by atoms with Crippen molar-refractivity contribution in [1.82, 2.24) is 15.1 Å². The third-order valence-electron chi connectivity index (χ3n) is 6.01. The minimum Gasteiger partial charge on any atom is -0.369 e. The smallest absolute Gasteiger partial charge is 0.243 e. The first-order chi connectivity index (χ1) is 16.0. The summed E-state index contributed by atoms with van der Waals surface area (Å²) in [4.78, 5) is 44.0. The number of para-hydroxylation sites is 1. The van der Waals surface area contributed by atoms with Crippen LogP contribution in [0.4, 0.5) is 11.4 Å². The van der Waals surface area contributed by atoms with Crippen molar-refractivity contribution in [3.05, 3.63) is 59.6 Å². The van der Waals surface area contributed by atoms with Crippen LogP contribution in [-0.4, -0.2) is 79.4 Å². The zero-order valence-electron chi connectivity index (χ0n) is 18.4. The molecule has 1 unspecified atom stereocenters. The summed E-state index contributed by atoms with van der Waals surface area (Å²) >= 11 is 5.98. The fourth-order valence-electron chi connectivity index (χ4n) is 4.22. The van der Waals surface area contributed by atoms with E-state index in [1.165, 1.54) is 0 Å². The van der Waals surface area contributed by atoms with Gasteiger partial charge in [-0.05, 0) is 36.4 Å². The second-order valence-corrected chi connectivity index (χ2v) is 8.69. The normalized spacial score (nSPS) is 19.2. The van der Waals surface area contributed by atoms with Crippen LogP contribution in [-0.2, 0) is 14.4 Å². The molecule has 33 heavy (non-hydrogen) atoms. The van der Waals surface area contributed by atoms with Gasteiger partial charge in [0.15, 0.2) is 0 Å². The monoisotopic (exact) mass is 469 g/mol. The summed E-state index contributed by atoms with van der Waals surface area (Å²) in [5, 5.41) is 6.28. The molecule has 0 saturated carbocycles. The number of carbonyl (C=O) groups excluding carboxylic acids is 3. The zero-order valence-corrected chi connectivity index (χ0v) is 19.1. The average Bonchev–Trinajstić information content (AvgIpc) is 2.82. The number of hydrogen-bond donors (Lipinski definition) is 2. The first-order valence-electron chi connectivity index (χ1n) is 11.1. The minimum atomic E-state index is -0.801. The second-order valence-electron chi connectivity index (χ2n) is 8.25. The number of carbonyl (C=O) groups is 3. The molecule has 8 nitrogen and oxygen atoms in total. The second kappa shape index (κ2) is 10.7. The number of piperazine rings is 2. The van der Waals surface area contributed by atoms with Crippen molar-refractivity contribution < 1.29 is 14.4 Å². The fraction of sp³-hybridized carbons (Fsp3) is 0.375. The Labute approximate surface area is 198 Å². The van der Waals surface area contributed by atoms with Crippen molar-refractivity contribution in [1.29, 1.82) is 0 Å².